The van der Waals surface area contributed by atoms with Crippen molar-refractivity contribution in [1.82, 2.24) is 10.2 Å². The molecule has 0 heterocycles. The summed E-state index contributed by atoms with van der Waals surface area (Å²) in [7, 11) is 0.548. The third-order valence-corrected chi connectivity index (χ3v) is 8.65. The van der Waals surface area contributed by atoms with E-state index in [0.29, 0.717) is 11.3 Å². The highest BCUT2D eigenvalue weighted by Crippen LogP contribution is 2.30. The average Bonchev–Trinajstić information content (AvgIpc) is 2.79. The van der Waals surface area contributed by atoms with Gasteiger partial charge in [0, 0.05) is 17.0 Å². The van der Waals surface area contributed by atoms with Crippen LogP contribution in [0, 0.1) is 5.92 Å². The Kier molecular flexibility index (Phi) is 8.62. The smallest absolute Gasteiger partial charge is 0.407 e. The molecule has 32 heavy (non-hydrogen) atoms. The van der Waals surface area contributed by atoms with Crippen LogP contribution < -0.4 is 5.32 Å². The maximum atomic E-state index is 13.2. The standard InChI is InChI=1S/C24H32N2O4S2/c1-26(2)20-9-14-23(25-24(27)30-16-18-7-5-4-6-8-18)19(15-20)17-32(28,29)22-12-10-21(31-3)11-13-22/h4-8,10-13,19-20,23H,9,14-17H2,1-3H3,(H,25,27). The summed E-state index contributed by atoms with van der Waals surface area (Å²) in [5.74, 6) is -0.190. The van der Waals surface area contributed by atoms with Gasteiger partial charge in [-0.15, -0.1) is 11.8 Å². The predicted octanol–water partition coefficient (Wildman–Crippen LogP) is 4.21. The van der Waals surface area contributed by atoms with E-state index in [1.807, 2.05) is 62.8 Å². The quantitative estimate of drug-likeness (QED) is 0.576. The summed E-state index contributed by atoms with van der Waals surface area (Å²) in [5, 5.41) is 2.94. The second kappa shape index (κ2) is 11.2. The van der Waals surface area contributed by atoms with Crippen molar-refractivity contribution in [2.45, 2.75) is 47.7 Å². The largest absolute Gasteiger partial charge is 0.445 e. The number of hydrogen-bond acceptors (Lipinski definition) is 6. The van der Waals surface area contributed by atoms with Crippen LogP contribution in [0.15, 0.2) is 64.4 Å². The van der Waals surface area contributed by atoms with Crippen molar-refractivity contribution < 1.29 is 17.9 Å². The molecule has 0 aromatic heterocycles. The van der Waals surface area contributed by atoms with Crippen LogP contribution in [0.1, 0.15) is 24.8 Å². The number of rotatable bonds is 8. The number of carbonyl (C=O) groups excluding carboxylic acids is 1. The first-order valence-corrected chi connectivity index (χ1v) is 13.7. The maximum Gasteiger partial charge on any atom is 0.407 e. The van der Waals surface area contributed by atoms with Crippen molar-refractivity contribution >= 4 is 27.7 Å². The van der Waals surface area contributed by atoms with Crippen LogP contribution in [-0.2, 0) is 21.2 Å². The first-order valence-electron chi connectivity index (χ1n) is 10.8. The molecule has 3 atom stereocenters. The van der Waals surface area contributed by atoms with Crippen LogP contribution >= 0.6 is 11.8 Å². The Hall–Kier alpha value is -2.03. The van der Waals surface area contributed by atoms with Crippen LogP contribution in [0.4, 0.5) is 4.79 Å². The Morgan fingerprint density at radius 1 is 1.09 bits per heavy atom. The van der Waals surface area contributed by atoms with Crippen molar-refractivity contribution in [3.05, 3.63) is 60.2 Å². The Morgan fingerprint density at radius 3 is 2.41 bits per heavy atom. The summed E-state index contributed by atoms with van der Waals surface area (Å²) in [6.07, 6.45) is 3.78. The topological polar surface area (TPSA) is 75.7 Å². The van der Waals surface area contributed by atoms with E-state index in [-0.39, 0.29) is 30.4 Å². The highest BCUT2D eigenvalue weighted by atomic mass is 32.2. The highest BCUT2D eigenvalue weighted by molar-refractivity contribution is 7.98. The number of carbonyl (C=O) groups is 1. The molecule has 3 rings (SSSR count). The zero-order valence-corrected chi connectivity index (χ0v) is 20.5. The molecule has 6 nitrogen and oxygen atoms in total. The van der Waals surface area contributed by atoms with Crippen molar-refractivity contribution in [2.24, 2.45) is 5.92 Å². The van der Waals surface area contributed by atoms with Gasteiger partial charge in [-0.2, -0.15) is 0 Å². The molecule has 1 saturated carbocycles. The number of benzene rings is 2. The van der Waals surface area contributed by atoms with Gasteiger partial charge in [-0.3, -0.25) is 0 Å². The van der Waals surface area contributed by atoms with E-state index in [1.54, 1.807) is 23.9 Å². The van der Waals surface area contributed by atoms with E-state index < -0.39 is 15.9 Å². The fourth-order valence-electron chi connectivity index (χ4n) is 4.16. The molecule has 0 radical (unpaired) electrons. The van der Waals surface area contributed by atoms with E-state index >= 15 is 0 Å². The molecule has 0 bridgehead atoms. The SMILES string of the molecule is CSc1ccc(S(=O)(=O)CC2CC(N(C)C)CCC2NC(=O)OCc2ccccc2)cc1. The summed E-state index contributed by atoms with van der Waals surface area (Å²) >= 11 is 1.58. The van der Waals surface area contributed by atoms with Gasteiger partial charge in [0.15, 0.2) is 9.84 Å². The molecule has 1 N–H and O–H groups in total. The molecule has 0 aliphatic heterocycles. The zero-order chi connectivity index (χ0) is 23.1. The van der Waals surface area contributed by atoms with Gasteiger partial charge in [-0.1, -0.05) is 30.3 Å². The number of amides is 1. The lowest BCUT2D eigenvalue weighted by molar-refractivity contribution is 0.117. The van der Waals surface area contributed by atoms with Crippen molar-refractivity contribution in [3.63, 3.8) is 0 Å². The number of thioether (sulfide) groups is 1. The van der Waals surface area contributed by atoms with Gasteiger partial charge in [0.25, 0.3) is 0 Å². The van der Waals surface area contributed by atoms with Gasteiger partial charge in [0.2, 0.25) is 0 Å². The predicted molar refractivity (Wildman–Crippen MR) is 129 cm³/mol. The summed E-state index contributed by atoms with van der Waals surface area (Å²) in [6.45, 7) is 0.185. The van der Waals surface area contributed by atoms with Gasteiger partial charge < -0.3 is 15.0 Å². The summed E-state index contributed by atoms with van der Waals surface area (Å²) in [6, 6.07) is 16.5. The monoisotopic (exact) mass is 476 g/mol. The Labute approximate surface area is 195 Å². The van der Waals surface area contributed by atoms with Crippen molar-refractivity contribution in [3.8, 4) is 0 Å². The van der Waals surface area contributed by atoms with Gasteiger partial charge in [0.1, 0.15) is 6.61 Å². The lowest BCUT2D eigenvalue weighted by Crippen LogP contribution is -2.49. The molecule has 1 aliphatic carbocycles. The van der Waals surface area contributed by atoms with Gasteiger partial charge in [0.05, 0.1) is 10.6 Å². The molecule has 1 amide bonds. The van der Waals surface area contributed by atoms with Crippen LogP contribution in [0.5, 0.6) is 0 Å². The maximum absolute atomic E-state index is 13.2. The van der Waals surface area contributed by atoms with E-state index in [9.17, 15) is 13.2 Å². The second-order valence-corrected chi connectivity index (χ2v) is 11.4. The van der Waals surface area contributed by atoms with Gasteiger partial charge in [-0.05, 0) is 75.4 Å². The molecule has 1 fully saturated rings. The van der Waals surface area contributed by atoms with E-state index in [1.165, 1.54) is 0 Å². The summed E-state index contributed by atoms with van der Waals surface area (Å²) < 4.78 is 31.7. The number of ether oxygens (including phenoxy) is 1. The van der Waals surface area contributed by atoms with Crippen molar-refractivity contribution in [1.29, 1.82) is 0 Å². The Morgan fingerprint density at radius 2 is 1.78 bits per heavy atom. The van der Waals surface area contributed by atoms with E-state index in [2.05, 4.69) is 10.2 Å². The first-order chi connectivity index (χ1) is 15.3. The normalized spacial score (nSPS) is 21.3. The number of hydrogen-bond donors (Lipinski definition) is 1. The van der Waals surface area contributed by atoms with Crippen LogP contribution in [-0.4, -0.2) is 57.6 Å². The van der Waals surface area contributed by atoms with Crippen LogP contribution in [0.25, 0.3) is 0 Å². The Balaban J connectivity index is 1.68. The number of alkyl carbamates (subject to hydrolysis) is 1. The lowest BCUT2D eigenvalue weighted by Gasteiger charge is -2.38. The third-order valence-electron chi connectivity index (χ3n) is 6.05. The highest BCUT2D eigenvalue weighted by Gasteiger charge is 2.36. The van der Waals surface area contributed by atoms with E-state index in [0.717, 1.165) is 23.3 Å². The number of sulfone groups is 1. The molecule has 3 unspecified atom stereocenters. The van der Waals surface area contributed by atoms with Crippen LogP contribution in [0.3, 0.4) is 0 Å². The van der Waals surface area contributed by atoms with Crippen LogP contribution in [0.2, 0.25) is 0 Å². The molecule has 2 aromatic carbocycles. The number of nitrogens with one attached hydrogen (secondary N) is 1. The molecule has 0 spiro atoms. The molecule has 2 aromatic rings. The molecule has 174 valence electrons. The van der Waals surface area contributed by atoms with Gasteiger partial charge >= 0.3 is 6.09 Å². The summed E-state index contributed by atoms with van der Waals surface area (Å²) in [4.78, 5) is 15.9. The molecule has 8 heteroatoms. The molecular formula is C24H32N2O4S2. The summed E-state index contributed by atoms with van der Waals surface area (Å²) in [5.41, 5.74) is 0.909. The first kappa shape index (κ1) is 24.6. The zero-order valence-electron chi connectivity index (χ0n) is 18.9. The molecular weight excluding hydrogens is 444 g/mol. The minimum absolute atomic E-state index is 0.000410. The fraction of sp³-hybridized carbons (Fsp3) is 0.458. The third kappa shape index (κ3) is 6.73. The average molecular weight is 477 g/mol. The van der Waals surface area contributed by atoms with Gasteiger partial charge in [-0.25, -0.2) is 13.2 Å². The molecule has 1 aliphatic rings. The fourth-order valence-corrected chi connectivity index (χ4v) is 6.24. The minimum atomic E-state index is -3.48. The van der Waals surface area contributed by atoms with E-state index in [4.69, 9.17) is 4.74 Å². The van der Waals surface area contributed by atoms with Crippen molar-refractivity contribution in [2.75, 3.05) is 26.1 Å². The molecule has 0 saturated heterocycles. The Bertz CT molecular complexity index is 979. The lowest BCUT2D eigenvalue weighted by atomic mass is 9.82. The number of nitrogens with zero attached hydrogens (tertiary/aromatic N) is 1. The minimum Gasteiger partial charge on any atom is -0.445 e. The second-order valence-electron chi connectivity index (χ2n) is 8.46.